The minimum atomic E-state index is -0.101. The van der Waals surface area contributed by atoms with Crippen molar-refractivity contribution >= 4 is 12.2 Å². The Kier molecular flexibility index (Phi) is 5.00. The lowest BCUT2D eigenvalue weighted by atomic mass is 10.2. The van der Waals surface area contributed by atoms with Crippen molar-refractivity contribution in [1.82, 2.24) is 5.32 Å². The summed E-state index contributed by atoms with van der Waals surface area (Å²) in [6.45, 7) is 0.234. The number of carbonyl (C=O) groups is 2. The van der Waals surface area contributed by atoms with E-state index in [4.69, 9.17) is 9.47 Å². The summed E-state index contributed by atoms with van der Waals surface area (Å²) in [7, 11) is 3.08. The van der Waals surface area contributed by atoms with Crippen LogP contribution in [-0.4, -0.2) is 33.0 Å². The molecule has 17 heavy (non-hydrogen) atoms. The molecule has 1 amide bonds. The lowest BCUT2D eigenvalue weighted by Crippen LogP contribution is -2.20. The predicted octanol–water partition coefficient (Wildman–Crippen LogP) is 1.02. The van der Waals surface area contributed by atoms with Gasteiger partial charge in [-0.15, -0.1) is 0 Å². The van der Waals surface area contributed by atoms with Gasteiger partial charge < -0.3 is 14.8 Å². The van der Waals surface area contributed by atoms with Crippen LogP contribution in [0.4, 0.5) is 0 Å². The Hall–Kier alpha value is -2.04. The van der Waals surface area contributed by atoms with Gasteiger partial charge in [-0.25, -0.2) is 0 Å². The first-order valence-electron chi connectivity index (χ1n) is 5.18. The molecule has 0 aliphatic heterocycles. The Balaban J connectivity index is 2.67. The van der Waals surface area contributed by atoms with Gasteiger partial charge in [0.15, 0.2) is 11.5 Å². The topological polar surface area (TPSA) is 64.6 Å². The van der Waals surface area contributed by atoms with Gasteiger partial charge in [-0.3, -0.25) is 9.59 Å². The number of amides is 1. The van der Waals surface area contributed by atoms with E-state index in [1.165, 1.54) is 7.11 Å². The zero-order valence-corrected chi connectivity index (χ0v) is 9.86. The number of hydrogen-bond donors (Lipinski definition) is 1. The highest BCUT2D eigenvalue weighted by Crippen LogP contribution is 2.27. The van der Waals surface area contributed by atoms with Crippen molar-refractivity contribution in [3.8, 4) is 11.5 Å². The number of rotatable bonds is 6. The molecule has 0 spiro atoms. The van der Waals surface area contributed by atoms with Crippen molar-refractivity contribution in [2.75, 3.05) is 20.8 Å². The first-order valence-corrected chi connectivity index (χ1v) is 5.18. The molecule has 0 aromatic heterocycles. The van der Waals surface area contributed by atoms with Gasteiger partial charge in [-0.05, 0) is 18.2 Å². The SMILES string of the molecule is CNC(=O)CCOc1cc(C=O)ccc1OC. The summed E-state index contributed by atoms with van der Waals surface area (Å²) >= 11 is 0. The maximum absolute atomic E-state index is 11.0. The summed E-state index contributed by atoms with van der Waals surface area (Å²) in [6, 6.07) is 4.87. The van der Waals surface area contributed by atoms with E-state index in [1.807, 2.05) is 0 Å². The number of aldehydes is 1. The molecule has 0 bridgehead atoms. The highest BCUT2D eigenvalue weighted by Gasteiger charge is 2.06. The van der Waals surface area contributed by atoms with Crippen molar-refractivity contribution in [2.45, 2.75) is 6.42 Å². The second kappa shape index (κ2) is 6.52. The normalized spacial score (nSPS) is 9.53. The quantitative estimate of drug-likeness (QED) is 0.750. The average Bonchev–Trinajstić information content (AvgIpc) is 2.38. The fourth-order valence-corrected chi connectivity index (χ4v) is 1.26. The van der Waals surface area contributed by atoms with Gasteiger partial charge in [0.25, 0.3) is 0 Å². The van der Waals surface area contributed by atoms with Crippen LogP contribution in [0.15, 0.2) is 18.2 Å². The molecule has 0 saturated heterocycles. The second-order valence-electron chi connectivity index (χ2n) is 3.30. The number of ether oxygens (including phenoxy) is 2. The van der Waals surface area contributed by atoms with Gasteiger partial charge in [-0.2, -0.15) is 0 Å². The fraction of sp³-hybridized carbons (Fsp3) is 0.333. The smallest absolute Gasteiger partial charge is 0.223 e. The molecular formula is C12H15NO4. The molecule has 1 N–H and O–H groups in total. The fourth-order valence-electron chi connectivity index (χ4n) is 1.26. The standard InChI is InChI=1S/C12H15NO4/c1-13-12(15)5-6-17-11-7-9(8-14)3-4-10(11)16-2/h3-4,7-8H,5-6H2,1-2H3,(H,13,15). The molecule has 0 aliphatic rings. The molecule has 0 unspecified atom stereocenters. The van der Waals surface area contributed by atoms with Crippen LogP contribution in [0.1, 0.15) is 16.8 Å². The Bertz CT molecular complexity index is 403. The Morgan fingerprint density at radius 1 is 1.41 bits per heavy atom. The van der Waals surface area contributed by atoms with Gasteiger partial charge in [0, 0.05) is 12.6 Å². The van der Waals surface area contributed by atoms with Crippen LogP contribution in [0.25, 0.3) is 0 Å². The number of benzene rings is 1. The van der Waals surface area contributed by atoms with Crippen LogP contribution in [-0.2, 0) is 4.79 Å². The van der Waals surface area contributed by atoms with Crippen molar-refractivity contribution < 1.29 is 19.1 Å². The van der Waals surface area contributed by atoms with E-state index in [-0.39, 0.29) is 18.9 Å². The number of nitrogens with one attached hydrogen (secondary N) is 1. The van der Waals surface area contributed by atoms with Crippen LogP contribution in [0.3, 0.4) is 0 Å². The molecule has 0 heterocycles. The van der Waals surface area contributed by atoms with Gasteiger partial charge in [-0.1, -0.05) is 0 Å². The van der Waals surface area contributed by atoms with Crippen LogP contribution in [0.2, 0.25) is 0 Å². The van der Waals surface area contributed by atoms with Gasteiger partial charge in [0.1, 0.15) is 6.29 Å². The molecule has 1 aromatic carbocycles. The van der Waals surface area contributed by atoms with E-state index < -0.39 is 0 Å². The van der Waals surface area contributed by atoms with E-state index >= 15 is 0 Å². The van der Waals surface area contributed by atoms with Crippen molar-refractivity contribution in [1.29, 1.82) is 0 Å². The highest BCUT2D eigenvalue weighted by molar-refractivity contribution is 5.76. The predicted molar refractivity (Wildman–Crippen MR) is 62.6 cm³/mol. The van der Waals surface area contributed by atoms with Crippen LogP contribution in [0.5, 0.6) is 11.5 Å². The van der Waals surface area contributed by atoms with E-state index in [0.717, 1.165) is 6.29 Å². The summed E-state index contributed by atoms with van der Waals surface area (Å²) in [4.78, 5) is 21.6. The monoisotopic (exact) mass is 237 g/mol. The van der Waals surface area contributed by atoms with Gasteiger partial charge in [0.2, 0.25) is 5.91 Å². The number of hydrogen-bond acceptors (Lipinski definition) is 4. The third-order valence-corrected chi connectivity index (χ3v) is 2.19. The maximum Gasteiger partial charge on any atom is 0.223 e. The van der Waals surface area contributed by atoms with Crippen molar-refractivity contribution in [3.63, 3.8) is 0 Å². The molecule has 0 aliphatic carbocycles. The Labute approximate surface area is 99.7 Å². The minimum absolute atomic E-state index is 0.101. The molecule has 1 aromatic rings. The summed E-state index contributed by atoms with van der Waals surface area (Å²) in [5.41, 5.74) is 0.501. The Morgan fingerprint density at radius 2 is 2.18 bits per heavy atom. The molecule has 0 radical (unpaired) electrons. The molecule has 92 valence electrons. The molecule has 0 saturated carbocycles. The average molecular weight is 237 g/mol. The molecular weight excluding hydrogens is 222 g/mol. The third kappa shape index (κ3) is 3.79. The van der Waals surface area contributed by atoms with E-state index in [2.05, 4.69) is 5.32 Å². The highest BCUT2D eigenvalue weighted by atomic mass is 16.5. The van der Waals surface area contributed by atoms with Crippen molar-refractivity contribution in [3.05, 3.63) is 23.8 Å². The van der Waals surface area contributed by atoms with Crippen LogP contribution in [0, 0.1) is 0 Å². The summed E-state index contributed by atoms with van der Waals surface area (Å²) in [5, 5.41) is 2.50. The molecule has 1 rings (SSSR count). The summed E-state index contributed by atoms with van der Waals surface area (Å²) in [5.74, 6) is 0.893. The van der Waals surface area contributed by atoms with Crippen LogP contribution >= 0.6 is 0 Å². The van der Waals surface area contributed by atoms with E-state index in [0.29, 0.717) is 17.1 Å². The lowest BCUT2D eigenvalue weighted by molar-refractivity contribution is -0.121. The first-order chi connectivity index (χ1) is 8.21. The minimum Gasteiger partial charge on any atom is -0.493 e. The molecule has 5 nitrogen and oxygen atoms in total. The van der Waals surface area contributed by atoms with E-state index in [9.17, 15) is 9.59 Å². The maximum atomic E-state index is 11.0. The Morgan fingerprint density at radius 3 is 2.76 bits per heavy atom. The third-order valence-electron chi connectivity index (χ3n) is 2.19. The van der Waals surface area contributed by atoms with Gasteiger partial charge in [0.05, 0.1) is 20.1 Å². The molecule has 0 atom stereocenters. The zero-order chi connectivity index (χ0) is 12.7. The number of carbonyl (C=O) groups excluding carboxylic acids is 2. The van der Waals surface area contributed by atoms with Crippen LogP contribution < -0.4 is 14.8 Å². The van der Waals surface area contributed by atoms with Gasteiger partial charge >= 0.3 is 0 Å². The second-order valence-corrected chi connectivity index (χ2v) is 3.30. The molecule has 5 heteroatoms. The lowest BCUT2D eigenvalue weighted by Gasteiger charge is -2.10. The number of methoxy groups -OCH3 is 1. The summed E-state index contributed by atoms with van der Waals surface area (Å²) < 4.78 is 10.5. The largest absolute Gasteiger partial charge is 0.493 e. The van der Waals surface area contributed by atoms with E-state index in [1.54, 1.807) is 25.2 Å². The zero-order valence-electron chi connectivity index (χ0n) is 9.86. The first kappa shape index (κ1) is 13.0. The summed E-state index contributed by atoms with van der Waals surface area (Å²) in [6.07, 6.45) is 0.982. The molecule has 0 fully saturated rings. The van der Waals surface area contributed by atoms with Crippen molar-refractivity contribution in [2.24, 2.45) is 0 Å².